The fourth-order valence-electron chi connectivity index (χ4n) is 2.49. The van der Waals surface area contributed by atoms with E-state index >= 15 is 0 Å². The van der Waals surface area contributed by atoms with E-state index in [9.17, 15) is 0 Å². The first-order valence-corrected chi connectivity index (χ1v) is 7.53. The molecule has 2 aliphatic rings. The largest absolute Gasteiger partial charge is 0.492 e. The molecule has 0 bridgehead atoms. The van der Waals surface area contributed by atoms with E-state index in [1.807, 2.05) is 0 Å². The van der Waals surface area contributed by atoms with Gasteiger partial charge in [0.1, 0.15) is 12.4 Å². The van der Waals surface area contributed by atoms with Crippen molar-refractivity contribution < 1.29 is 4.74 Å². The minimum absolute atomic E-state index is 0.704. The smallest absolute Gasteiger partial charge is 0.119 e. The lowest BCUT2D eigenvalue weighted by atomic mass is 10.1. The summed E-state index contributed by atoms with van der Waals surface area (Å²) in [4.78, 5) is 0. The van der Waals surface area contributed by atoms with Gasteiger partial charge in [-0.15, -0.1) is 0 Å². The van der Waals surface area contributed by atoms with Gasteiger partial charge in [-0.25, -0.2) is 0 Å². The quantitative estimate of drug-likeness (QED) is 0.890. The Morgan fingerprint density at radius 3 is 3.06 bits per heavy atom. The molecule has 1 aromatic carbocycles. The molecule has 17 heavy (non-hydrogen) atoms. The van der Waals surface area contributed by atoms with Gasteiger partial charge in [-0.05, 0) is 41.9 Å². The van der Waals surface area contributed by atoms with Crippen LogP contribution >= 0.6 is 11.8 Å². The minimum Gasteiger partial charge on any atom is -0.492 e. The molecule has 2 aliphatic heterocycles. The van der Waals surface area contributed by atoms with E-state index in [-0.39, 0.29) is 0 Å². The van der Waals surface area contributed by atoms with Crippen LogP contribution in [0, 0.1) is 0 Å². The highest BCUT2D eigenvalue weighted by molar-refractivity contribution is 7.99. The summed E-state index contributed by atoms with van der Waals surface area (Å²) in [6.07, 6.45) is 4.07. The first-order valence-electron chi connectivity index (χ1n) is 6.49. The van der Waals surface area contributed by atoms with Crippen molar-refractivity contribution in [3.63, 3.8) is 0 Å². The summed E-state index contributed by atoms with van der Waals surface area (Å²) in [6, 6.07) is 6.50. The third-order valence-electron chi connectivity index (χ3n) is 3.52. The van der Waals surface area contributed by atoms with Crippen LogP contribution in [0.5, 0.6) is 5.75 Å². The van der Waals surface area contributed by atoms with Crippen molar-refractivity contribution in [3.8, 4) is 5.75 Å². The number of hydrogen-bond donors (Lipinski definition) is 1. The van der Waals surface area contributed by atoms with Crippen molar-refractivity contribution in [3.05, 3.63) is 29.3 Å². The summed E-state index contributed by atoms with van der Waals surface area (Å²) in [6.45, 7) is 2.87. The summed E-state index contributed by atoms with van der Waals surface area (Å²) in [5.74, 6) is 2.35. The van der Waals surface area contributed by atoms with Crippen molar-refractivity contribution in [2.24, 2.45) is 0 Å². The maximum Gasteiger partial charge on any atom is 0.119 e. The van der Waals surface area contributed by atoms with Crippen molar-refractivity contribution in [2.45, 2.75) is 37.6 Å². The average molecular weight is 249 g/mol. The lowest BCUT2D eigenvalue weighted by molar-refractivity contribution is 0.309. The second-order valence-corrected chi connectivity index (χ2v) is 6.24. The third-order valence-corrected chi connectivity index (χ3v) is 4.89. The molecule has 1 N–H and O–H groups in total. The molecular weight excluding hydrogens is 230 g/mol. The zero-order chi connectivity index (χ0) is 11.5. The Morgan fingerprint density at radius 1 is 1.24 bits per heavy atom. The Kier molecular flexibility index (Phi) is 3.57. The summed E-state index contributed by atoms with van der Waals surface area (Å²) >= 11 is 2.07. The molecule has 0 saturated carbocycles. The van der Waals surface area contributed by atoms with Crippen LogP contribution in [0.1, 0.15) is 30.4 Å². The van der Waals surface area contributed by atoms with Gasteiger partial charge >= 0.3 is 0 Å². The lowest BCUT2D eigenvalue weighted by Crippen LogP contribution is -2.18. The Balaban J connectivity index is 1.57. The SMILES string of the molecule is c1cc2c(cc1OCC1CCCCS1)CNC2. The van der Waals surface area contributed by atoms with Crippen molar-refractivity contribution in [1.29, 1.82) is 0 Å². The maximum atomic E-state index is 5.92. The number of thioether (sulfide) groups is 1. The molecule has 1 atom stereocenters. The molecule has 3 rings (SSSR count). The number of rotatable bonds is 3. The van der Waals surface area contributed by atoms with E-state index in [1.165, 1.54) is 36.1 Å². The van der Waals surface area contributed by atoms with Gasteiger partial charge in [0.2, 0.25) is 0 Å². The molecule has 0 aliphatic carbocycles. The van der Waals surface area contributed by atoms with Crippen LogP contribution in [-0.4, -0.2) is 17.6 Å². The predicted molar refractivity (Wildman–Crippen MR) is 72.6 cm³/mol. The Hall–Kier alpha value is -0.670. The van der Waals surface area contributed by atoms with Gasteiger partial charge in [-0.2, -0.15) is 11.8 Å². The van der Waals surface area contributed by atoms with Crippen LogP contribution in [-0.2, 0) is 13.1 Å². The topological polar surface area (TPSA) is 21.3 Å². The van der Waals surface area contributed by atoms with Gasteiger partial charge in [0.15, 0.2) is 0 Å². The fraction of sp³-hybridized carbons (Fsp3) is 0.571. The zero-order valence-corrected chi connectivity index (χ0v) is 10.9. The molecule has 2 heterocycles. The van der Waals surface area contributed by atoms with E-state index in [0.717, 1.165) is 25.4 Å². The molecule has 0 aromatic heterocycles. The molecule has 0 amide bonds. The summed E-state index contributed by atoms with van der Waals surface area (Å²) in [5.41, 5.74) is 2.82. The normalized spacial score (nSPS) is 23.4. The van der Waals surface area contributed by atoms with Crippen LogP contribution in [0.2, 0.25) is 0 Å². The molecule has 0 radical (unpaired) electrons. The van der Waals surface area contributed by atoms with Crippen molar-refractivity contribution >= 4 is 11.8 Å². The first kappa shape index (κ1) is 11.4. The zero-order valence-electron chi connectivity index (χ0n) is 10.1. The molecule has 1 aromatic rings. The highest BCUT2D eigenvalue weighted by atomic mass is 32.2. The fourth-order valence-corrected chi connectivity index (χ4v) is 3.69. The maximum absolute atomic E-state index is 5.92. The summed E-state index contributed by atoms with van der Waals surface area (Å²) in [7, 11) is 0. The molecule has 92 valence electrons. The van der Waals surface area contributed by atoms with E-state index < -0.39 is 0 Å². The van der Waals surface area contributed by atoms with E-state index in [1.54, 1.807) is 0 Å². The van der Waals surface area contributed by atoms with E-state index in [0.29, 0.717) is 5.25 Å². The van der Waals surface area contributed by atoms with Gasteiger partial charge < -0.3 is 10.1 Å². The number of ether oxygens (including phenoxy) is 1. The minimum atomic E-state index is 0.704. The van der Waals surface area contributed by atoms with Crippen molar-refractivity contribution in [2.75, 3.05) is 12.4 Å². The second-order valence-electron chi connectivity index (χ2n) is 4.83. The third kappa shape index (κ3) is 2.78. The Morgan fingerprint density at radius 2 is 2.18 bits per heavy atom. The van der Waals surface area contributed by atoms with Crippen LogP contribution in [0.4, 0.5) is 0 Å². The predicted octanol–water partition coefficient (Wildman–Crippen LogP) is 2.95. The van der Waals surface area contributed by atoms with Crippen LogP contribution < -0.4 is 10.1 Å². The monoisotopic (exact) mass is 249 g/mol. The highest BCUT2D eigenvalue weighted by Crippen LogP contribution is 2.27. The van der Waals surface area contributed by atoms with Gasteiger partial charge in [0.25, 0.3) is 0 Å². The average Bonchev–Trinajstić information content (AvgIpc) is 2.85. The van der Waals surface area contributed by atoms with E-state index in [2.05, 4.69) is 35.3 Å². The lowest BCUT2D eigenvalue weighted by Gasteiger charge is -2.21. The van der Waals surface area contributed by atoms with Gasteiger partial charge in [0, 0.05) is 18.3 Å². The number of fused-ring (bicyclic) bond motifs is 1. The molecule has 0 spiro atoms. The van der Waals surface area contributed by atoms with Crippen LogP contribution in [0.15, 0.2) is 18.2 Å². The van der Waals surface area contributed by atoms with Gasteiger partial charge in [-0.1, -0.05) is 12.5 Å². The Bertz CT molecular complexity index is 388. The summed E-state index contributed by atoms with van der Waals surface area (Å²) in [5, 5.41) is 4.06. The molecule has 1 saturated heterocycles. The summed E-state index contributed by atoms with van der Waals surface area (Å²) < 4.78 is 5.92. The highest BCUT2D eigenvalue weighted by Gasteiger charge is 2.15. The van der Waals surface area contributed by atoms with Gasteiger partial charge in [0.05, 0.1) is 0 Å². The molecule has 2 nitrogen and oxygen atoms in total. The van der Waals surface area contributed by atoms with Gasteiger partial charge in [-0.3, -0.25) is 0 Å². The standard InChI is InChI=1S/C14H19NOS/c1-2-6-17-14(3-1)10-16-13-5-4-11-8-15-9-12(11)7-13/h4-5,7,14-15H,1-3,6,8-10H2. The van der Waals surface area contributed by atoms with Crippen molar-refractivity contribution in [1.82, 2.24) is 5.32 Å². The molecule has 1 unspecified atom stereocenters. The number of nitrogens with one attached hydrogen (secondary N) is 1. The molecular formula is C14H19NOS. The van der Waals surface area contributed by atoms with E-state index in [4.69, 9.17) is 4.74 Å². The van der Waals surface area contributed by atoms with Crippen LogP contribution in [0.25, 0.3) is 0 Å². The molecule has 1 fully saturated rings. The second kappa shape index (κ2) is 5.32. The number of hydrogen-bond acceptors (Lipinski definition) is 3. The molecule has 3 heteroatoms. The van der Waals surface area contributed by atoms with Crippen LogP contribution in [0.3, 0.4) is 0 Å². The number of benzene rings is 1. The first-order chi connectivity index (χ1) is 8.42. The Labute approximate surface area is 107 Å².